The van der Waals surface area contributed by atoms with E-state index in [0.29, 0.717) is 6.42 Å². The fraction of sp³-hybridized carbons (Fsp3) is 0.833. The van der Waals surface area contributed by atoms with Crippen LogP contribution < -0.4 is 0 Å². The van der Waals surface area contributed by atoms with Crippen molar-refractivity contribution in [3.05, 3.63) is 0 Å². The molecule has 6 nitrogen and oxygen atoms in total. The summed E-state index contributed by atoms with van der Waals surface area (Å²) in [5, 5.41) is 18.2. The van der Waals surface area contributed by atoms with Crippen molar-refractivity contribution in [1.29, 1.82) is 0 Å². The van der Waals surface area contributed by atoms with Crippen molar-refractivity contribution in [2.45, 2.75) is 57.5 Å². The highest BCUT2D eigenvalue weighted by Crippen LogP contribution is 2.39. The molecular formula is C12H23NO5Si. The van der Waals surface area contributed by atoms with E-state index in [-0.39, 0.29) is 11.6 Å². The molecule has 0 saturated carbocycles. The molecule has 2 N–H and O–H groups in total. The average Bonchev–Trinajstić information content (AvgIpc) is 2.58. The maximum absolute atomic E-state index is 11.3. The summed E-state index contributed by atoms with van der Waals surface area (Å²) in [6.45, 7) is 10.5. The first-order valence-corrected chi connectivity index (χ1v) is 9.28. The van der Waals surface area contributed by atoms with Crippen LogP contribution in [0.15, 0.2) is 0 Å². The Hall–Kier alpha value is -1.08. The molecule has 0 aromatic heterocycles. The van der Waals surface area contributed by atoms with E-state index in [9.17, 15) is 14.7 Å². The first-order valence-electron chi connectivity index (χ1n) is 6.37. The van der Waals surface area contributed by atoms with E-state index < -0.39 is 32.5 Å². The van der Waals surface area contributed by atoms with Crippen LogP contribution in [0, 0.1) is 0 Å². The molecule has 1 rings (SSSR count). The van der Waals surface area contributed by atoms with Crippen LogP contribution in [-0.4, -0.2) is 54.2 Å². The minimum absolute atomic E-state index is 0.0350. The van der Waals surface area contributed by atoms with Gasteiger partial charge in [0.05, 0.1) is 6.10 Å². The number of aliphatic carboxylic acids is 1. The molecule has 0 aromatic rings. The zero-order chi connectivity index (χ0) is 15.0. The number of likely N-dealkylation sites (tertiary alicyclic amines) is 1. The number of amides is 1. The standard InChI is InChI=1S/C12H23NO5Si/c1-12(2,3)19(4,5)18-8-6-7-13(11(16)17)9(8)10(14)15/h8-9H,6-7H2,1-5H3,(H,14,15)(H,16,17). The molecule has 1 aliphatic heterocycles. The lowest BCUT2D eigenvalue weighted by Gasteiger charge is -2.39. The van der Waals surface area contributed by atoms with Gasteiger partial charge in [-0.15, -0.1) is 0 Å². The molecule has 1 saturated heterocycles. The molecule has 1 fully saturated rings. The van der Waals surface area contributed by atoms with Crippen LogP contribution in [0.4, 0.5) is 4.79 Å². The highest BCUT2D eigenvalue weighted by atomic mass is 28.4. The summed E-state index contributed by atoms with van der Waals surface area (Å²) in [5.74, 6) is -1.14. The van der Waals surface area contributed by atoms with Gasteiger partial charge in [-0.2, -0.15) is 0 Å². The van der Waals surface area contributed by atoms with Gasteiger partial charge in [0.2, 0.25) is 0 Å². The van der Waals surface area contributed by atoms with E-state index in [1.54, 1.807) is 0 Å². The smallest absolute Gasteiger partial charge is 0.408 e. The molecule has 19 heavy (non-hydrogen) atoms. The lowest BCUT2D eigenvalue weighted by atomic mass is 10.2. The second-order valence-corrected chi connectivity index (χ2v) is 11.2. The Bertz CT molecular complexity index is 377. The number of hydrogen-bond acceptors (Lipinski definition) is 3. The molecular weight excluding hydrogens is 266 g/mol. The van der Waals surface area contributed by atoms with Crippen molar-refractivity contribution >= 4 is 20.4 Å². The van der Waals surface area contributed by atoms with Gasteiger partial charge in [0, 0.05) is 6.54 Å². The van der Waals surface area contributed by atoms with Gasteiger partial charge >= 0.3 is 12.1 Å². The number of carboxylic acids is 1. The first-order chi connectivity index (χ1) is 8.47. The third-order valence-corrected chi connectivity index (χ3v) is 8.60. The van der Waals surface area contributed by atoms with Crippen LogP contribution >= 0.6 is 0 Å². The van der Waals surface area contributed by atoms with Gasteiger partial charge in [-0.25, -0.2) is 9.59 Å². The lowest BCUT2D eigenvalue weighted by Crippen LogP contribution is -2.51. The van der Waals surface area contributed by atoms with Gasteiger partial charge in [0.15, 0.2) is 14.4 Å². The third-order valence-electron chi connectivity index (χ3n) is 4.09. The Labute approximate surface area is 114 Å². The summed E-state index contributed by atoms with van der Waals surface area (Å²) in [7, 11) is -2.10. The van der Waals surface area contributed by atoms with Crippen molar-refractivity contribution in [3.8, 4) is 0 Å². The topological polar surface area (TPSA) is 87.1 Å². The Morgan fingerprint density at radius 2 is 1.79 bits per heavy atom. The average molecular weight is 289 g/mol. The Balaban J connectivity index is 2.90. The predicted molar refractivity (Wildman–Crippen MR) is 72.8 cm³/mol. The van der Waals surface area contributed by atoms with Gasteiger partial charge < -0.3 is 14.6 Å². The molecule has 2 atom stereocenters. The first kappa shape index (κ1) is 16.0. The Morgan fingerprint density at radius 3 is 2.16 bits per heavy atom. The minimum atomic E-state index is -2.10. The van der Waals surface area contributed by atoms with E-state index in [1.165, 1.54) is 0 Å². The van der Waals surface area contributed by atoms with Crippen LogP contribution in [0.1, 0.15) is 27.2 Å². The number of rotatable bonds is 3. The van der Waals surface area contributed by atoms with Crippen LogP contribution in [0.25, 0.3) is 0 Å². The van der Waals surface area contributed by atoms with E-state index in [1.807, 2.05) is 13.1 Å². The molecule has 7 heteroatoms. The summed E-state index contributed by atoms with van der Waals surface area (Å²) in [6.07, 6.45) is -1.31. The van der Waals surface area contributed by atoms with Crippen LogP contribution in [0.5, 0.6) is 0 Å². The van der Waals surface area contributed by atoms with Crippen molar-refractivity contribution in [2.24, 2.45) is 0 Å². The number of hydrogen-bond donors (Lipinski definition) is 2. The zero-order valence-corrected chi connectivity index (χ0v) is 13.1. The number of carboxylic acid groups (broad SMARTS) is 2. The predicted octanol–water partition coefficient (Wildman–Crippen LogP) is 2.21. The van der Waals surface area contributed by atoms with Crippen molar-refractivity contribution in [1.82, 2.24) is 4.90 Å². The van der Waals surface area contributed by atoms with Gasteiger partial charge in [0.25, 0.3) is 0 Å². The SMILES string of the molecule is CC(C)(C)[Si](C)(C)OC1CCN(C(=O)O)C1C(=O)O. The lowest BCUT2D eigenvalue weighted by molar-refractivity contribution is -0.144. The maximum Gasteiger partial charge on any atom is 0.408 e. The Kier molecular flexibility index (Phi) is 4.31. The molecule has 0 aromatic carbocycles. The molecule has 0 bridgehead atoms. The summed E-state index contributed by atoms with van der Waals surface area (Å²) in [4.78, 5) is 23.3. The maximum atomic E-state index is 11.3. The fourth-order valence-electron chi connectivity index (χ4n) is 1.95. The quantitative estimate of drug-likeness (QED) is 0.778. The normalized spacial score (nSPS) is 24.6. The van der Waals surface area contributed by atoms with E-state index >= 15 is 0 Å². The highest BCUT2D eigenvalue weighted by molar-refractivity contribution is 6.74. The zero-order valence-electron chi connectivity index (χ0n) is 12.1. The van der Waals surface area contributed by atoms with Gasteiger partial charge in [0.1, 0.15) is 0 Å². The van der Waals surface area contributed by atoms with Crippen molar-refractivity contribution < 1.29 is 24.2 Å². The van der Waals surface area contributed by atoms with Crippen LogP contribution in [-0.2, 0) is 9.22 Å². The van der Waals surface area contributed by atoms with Gasteiger partial charge in [-0.05, 0) is 24.6 Å². The van der Waals surface area contributed by atoms with Crippen molar-refractivity contribution in [2.75, 3.05) is 6.54 Å². The summed E-state index contributed by atoms with van der Waals surface area (Å²) >= 11 is 0. The minimum Gasteiger partial charge on any atom is -0.480 e. The van der Waals surface area contributed by atoms with Crippen molar-refractivity contribution in [3.63, 3.8) is 0 Å². The molecule has 110 valence electrons. The molecule has 0 spiro atoms. The molecule has 1 aliphatic rings. The highest BCUT2D eigenvalue weighted by Gasteiger charge is 2.48. The van der Waals surface area contributed by atoms with Gasteiger partial charge in [-0.1, -0.05) is 20.8 Å². The van der Waals surface area contributed by atoms with E-state index in [0.717, 1.165) is 4.90 Å². The number of nitrogens with zero attached hydrogens (tertiary/aromatic N) is 1. The number of carbonyl (C=O) groups is 2. The molecule has 0 aliphatic carbocycles. The third kappa shape index (κ3) is 3.27. The van der Waals surface area contributed by atoms with Crippen LogP contribution in [0.2, 0.25) is 18.1 Å². The van der Waals surface area contributed by atoms with E-state index in [2.05, 4.69) is 20.8 Å². The summed E-state index contributed by atoms with van der Waals surface area (Å²) in [5.41, 5.74) is 0. The molecule has 2 unspecified atom stereocenters. The summed E-state index contributed by atoms with van der Waals surface area (Å²) in [6, 6.07) is -1.09. The Morgan fingerprint density at radius 1 is 1.26 bits per heavy atom. The monoisotopic (exact) mass is 289 g/mol. The molecule has 1 amide bonds. The van der Waals surface area contributed by atoms with Gasteiger partial charge in [-0.3, -0.25) is 4.90 Å². The molecule has 0 radical (unpaired) electrons. The molecule has 1 heterocycles. The second kappa shape index (κ2) is 5.13. The summed E-state index contributed by atoms with van der Waals surface area (Å²) < 4.78 is 6.07. The fourth-order valence-corrected chi connectivity index (χ4v) is 3.31. The second-order valence-electron chi connectivity index (χ2n) is 6.46. The largest absolute Gasteiger partial charge is 0.480 e. The van der Waals surface area contributed by atoms with Crippen LogP contribution in [0.3, 0.4) is 0 Å². The van der Waals surface area contributed by atoms with E-state index in [4.69, 9.17) is 9.53 Å².